The van der Waals surface area contributed by atoms with E-state index in [0.717, 1.165) is 23.3 Å². The highest BCUT2D eigenvalue weighted by molar-refractivity contribution is 6.33. The van der Waals surface area contributed by atoms with Crippen LogP contribution < -0.4 is 4.74 Å². The van der Waals surface area contributed by atoms with Crippen LogP contribution in [0.5, 0.6) is 11.6 Å². The molecule has 6 nitrogen and oxygen atoms in total. The first-order valence-corrected chi connectivity index (χ1v) is 11.5. The number of ether oxygens (including phenoxy) is 1. The molecule has 34 heavy (non-hydrogen) atoms. The summed E-state index contributed by atoms with van der Waals surface area (Å²) in [6.07, 6.45) is 1.00. The van der Waals surface area contributed by atoms with Gasteiger partial charge in [0.05, 0.1) is 29.3 Å². The van der Waals surface area contributed by atoms with E-state index in [0.29, 0.717) is 29.5 Å². The van der Waals surface area contributed by atoms with Gasteiger partial charge in [0.1, 0.15) is 5.75 Å². The number of hydrogen-bond donors (Lipinski definition) is 1. The summed E-state index contributed by atoms with van der Waals surface area (Å²) in [6.45, 7) is 5.44. The molecule has 0 aliphatic carbocycles. The average Bonchev–Trinajstić information content (AvgIpc) is 3.09. The molecule has 1 heterocycles. The lowest BCUT2D eigenvalue weighted by Gasteiger charge is -2.10. The van der Waals surface area contributed by atoms with Crippen molar-refractivity contribution in [1.29, 1.82) is 0 Å². The zero-order valence-corrected chi connectivity index (χ0v) is 19.9. The number of fused-ring (bicyclic) bond motifs is 1. The Bertz CT molecular complexity index is 1330. The van der Waals surface area contributed by atoms with E-state index in [2.05, 4.69) is 24.1 Å². The fourth-order valence-electron chi connectivity index (χ4n) is 3.60. The van der Waals surface area contributed by atoms with Gasteiger partial charge in [-0.1, -0.05) is 67.9 Å². The number of carbonyl (C=O) groups is 1. The summed E-state index contributed by atoms with van der Waals surface area (Å²) in [6, 6.07) is 21.9. The molecule has 0 bridgehead atoms. The van der Waals surface area contributed by atoms with Crippen LogP contribution in [-0.2, 0) is 6.54 Å². The topological polar surface area (TPSA) is 76.2 Å². The second kappa shape index (κ2) is 10.5. The number of rotatable bonds is 8. The van der Waals surface area contributed by atoms with E-state index in [1.54, 1.807) is 28.8 Å². The van der Waals surface area contributed by atoms with Crippen LogP contribution in [0.1, 0.15) is 36.2 Å². The van der Waals surface area contributed by atoms with Gasteiger partial charge in [-0.15, -0.1) is 10.2 Å². The molecule has 0 aliphatic rings. The summed E-state index contributed by atoms with van der Waals surface area (Å²) in [5, 5.41) is 19.9. The molecule has 1 aromatic heterocycles. The Labute approximate surface area is 203 Å². The van der Waals surface area contributed by atoms with Crippen molar-refractivity contribution < 1.29 is 14.6 Å². The van der Waals surface area contributed by atoms with Crippen LogP contribution in [0.4, 0.5) is 5.69 Å². The van der Waals surface area contributed by atoms with E-state index in [9.17, 15) is 9.90 Å². The van der Waals surface area contributed by atoms with Gasteiger partial charge in [-0.25, -0.2) is 0 Å². The van der Waals surface area contributed by atoms with E-state index in [1.807, 2.05) is 48.5 Å². The Balaban J connectivity index is 1.58. The molecule has 4 aromatic rings. The van der Waals surface area contributed by atoms with E-state index >= 15 is 0 Å². The highest BCUT2D eigenvalue weighted by Crippen LogP contribution is 2.39. The number of carbonyl (C=O) groups excluding carboxylic acids is 1. The lowest BCUT2D eigenvalue weighted by Crippen LogP contribution is -2.02. The number of nitrogens with zero attached hydrogens (tertiary/aromatic N) is 3. The molecule has 0 aliphatic heterocycles. The predicted octanol–water partition coefficient (Wildman–Crippen LogP) is 7.40. The first-order chi connectivity index (χ1) is 16.4. The van der Waals surface area contributed by atoms with Crippen LogP contribution in [0.2, 0.25) is 5.02 Å². The summed E-state index contributed by atoms with van der Waals surface area (Å²) < 4.78 is 7.54. The van der Waals surface area contributed by atoms with Crippen molar-refractivity contribution >= 4 is 34.1 Å². The summed E-state index contributed by atoms with van der Waals surface area (Å²) in [7, 11) is 0. The standard InChI is InChI=1S/C27H26ClN3O3/c1-18(2)15-16-34-20-13-11-19(12-14-20)17-31-24-10-6-4-8-22(24)25(27(31)33)29-30-26(32)21-7-3-5-9-23(21)28/h3-14,18,33H,15-17H2,1-2H3. The molecule has 0 saturated heterocycles. The third kappa shape index (κ3) is 5.29. The minimum atomic E-state index is -0.574. The normalized spacial score (nSPS) is 11.5. The number of benzene rings is 3. The maximum absolute atomic E-state index is 12.5. The van der Waals surface area contributed by atoms with Gasteiger partial charge >= 0.3 is 0 Å². The van der Waals surface area contributed by atoms with Gasteiger partial charge in [0.25, 0.3) is 5.91 Å². The van der Waals surface area contributed by atoms with E-state index in [4.69, 9.17) is 16.3 Å². The quantitative estimate of drug-likeness (QED) is 0.270. The molecular weight excluding hydrogens is 450 g/mol. The van der Waals surface area contributed by atoms with E-state index < -0.39 is 5.91 Å². The third-order valence-electron chi connectivity index (χ3n) is 5.49. The second-order valence-electron chi connectivity index (χ2n) is 8.44. The highest BCUT2D eigenvalue weighted by atomic mass is 35.5. The van der Waals surface area contributed by atoms with Gasteiger partial charge in [0.15, 0.2) is 5.69 Å². The zero-order chi connectivity index (χ0) is 24.1. The fourth-order valence-corrected chi connectivity index (χ4v) is 3.82. The van der Waals surface area contributed by atoms with Crippen molar-refractivity contribution in [2.45, 2.75) is 26.8 Å². The molecule has 0 unspecified atom stereocenters. The first kappa shape index (κ1) is 23.5. The van der Waals surface area contributed by atoms with Crippen molar-refractivity contribution in [3.8, 4) is 11.6 Å². The van der Waals surface area contributed by atoms with Gasteiger partial charge in [-0.3, -0.25) is 4.79 Å². The SMILES string of the molecule is CC(C)CCOc1ccc(Cn2c(O)c(N=NC(=O)c3ccccc3Cl)c3ccccc32)cc1. The van der Waals surface area contributed by atoms with Gasteiger partial charge in [0, 0.05) is 5.39 Å². The van der Waals surface area contributed by atoms with Crippen molar-refractivity contribution in [3.05, 3.63) is 88.9 Å². The average molecular weight is 476 g/mol. The highest BCUT2D eigenvalue weighted by Gasteiger charge is 2.17. The summed E-state index contributed by atoms with van der Waals surface area (Å²) in [5.41, 5.74) is 2.27. The Kier molecular flexibility index (Phi) is 7.28. The number of aromatic nitrogens is 1. The predicted molar refractivity (Wildman–Crippen MR) is 134 cm³/mol. The monoisotopic (exact) mass is 475 g/mol. The number of halogens is 1. The molecule has 4 rings (SSSR count). The molecule has 1 N–H and O–H groups in total. The second-order valence-corrected chi connectivity index (χ2v) is 8.84. The molecule has 0 spiro atoms. The lowest BCUT2D eigenvalue weighted by molar-refractivity contribution is 0.0995. The molecule has 1 amide bonds. The number of hydrogen-bond acceptors (Lipinski definition) is 4. The minimum Gasteiger partial charge on any atom is -0.494 e. The lowest BCUT2D eigenvalue weighted by atomic mass is 10.1. The summed E-state index contributed by atoms with van der Waals surface area (Å²) in [5.74, 6) is 0.776. The summed E-state index contributed by atoms with van der Waals surface area (Å²) >= 11 is 6.09. The third-order valence-corrected chi connectivity index (χ3v) is 5.82. The van der Waals surface area contributed by atoms with Gasteiger partial charge in [-0.2, -0.15) is 0 Å². The number of azo groups is 1. The number of amides is 1. The number of para-hydroxylation sites is 1. The fraction of sp³-hybridized carbons (Fsp3) is 0.222. The zero-order valence-electron chi connectivity index (χ0n) is 19.1. The molecule has 0 atom stereocenters. The van der Waals surface area contributed by atoms with Crippen LogP contribution in [0.25, 0.3) is 10.9 Å². The van der Waals surface area contributed by atoms with Gasteiger partial charge in [0.2, 0.25) is 5.88 Å². The van der Waals surface area contributed by atoms with Crippen LogP contribution in [0, 0.1) is 5.92 Å². The summed E-state index contributed by atoms with van der Waals surface area (Å²) in [4.78, 5) is 12.5. The van der Waals surface area contributed by atoms with E-state index in [-0.39, 0.29) is 17.1 Å². The maximum atomic E-state index is 12.5. The smallest absolute Gasteiger partial charge is 0.296 e. The van der Waals surface area contributed by atoms with Crippen LogP contribution in [0.3, 0.4) is 0 Å². The van der Waals surface area contributed by atoms with Crippen LogP contribution in [0.15, 0.2) is 83.0 Å². The molecule has 0 saturated carbocycles. The van der Waals surface area contributed by atoms with Crippen LogP contribution in [-0.4, -0.2) is 22.2 Å². The van der Waals surface area contributed by atoms with E-state index in [1.165, 1.54) is 0 Å². The Morgan fingerprint density at radius 1 is 1.03 bits per heavy atom. The Morgan fingerprint density at radius 2 is 1.74 bits per heavy atom. The molecule has 0 radical (unpaired) electrons. The molecule has 7 heteroatoms. The Morgan fingerprint density at radius 3 is 2.47 bits per heavy atom. The van der Waals surface area contributed by atoms with Crippen molar-refractivity contribution in [2.75, 3.05) is 6.61 Å². The molecule has 0 fully saturated rings. The largest absolute Gasteiger partial charge is 0.494 e. The minimum absolute atomic E-state index is 0.0610. The maximum Gasteiger partial charge on any atom is 0.296 e. The first-order valence-electron chi connectivity index (χ1n) is 11.2. The molecule has 174 valence electrons. The van der Waals surface area contributed by atoms with Crippen molar-refractivity contribution in [1.82, 2.24) is 4.57 Å². The molecular formula is C27H26ClN3O3. The number of aromatic hydroxyl groups is 1. The Hall–Kier alpha value is -3.64. The van der Waals surface area contributed by atoms with Crippen molar-refractivity contribution in [2.24, 2.45) is 16.1 Å². The van der Waals surface area contributed by atoms with Crippen molar-refractivity contribution in [3.63, 3.8) is 0 Å². The molecule has 3 aromatic carbocycles. The van der Waals surface area contributed by atoms with Crippen LogP contribution >= 0.6 is 11.6 Å². The van der Waals surface area contributed by atoms with Gasteiger partial charge in [-0.05, 0) is 48.2 Å². The van der Waals surface area contributed by atoms with Gasteiger partial charge < -0.3 is 14.4 Å².